The maximum atomic E-state index is 13.7. The molecule has 0 spiro atoms. The molecule has 1 aromatic carbocycles. The van der Waals surface area contributed by atoms with E-state index in [0.717, 1.165) is 10.5 Å². The second-order valence-corrected chi connectivity index (χ2v) is 9.94. The Balaban J connectivity index is 1.54. The van der Waals surface area contributed by atoms with Crippen LogP contribution in [-0.4, -0.2) is 91.2 Å². The molecule has 9 nitrogen and oxygen atoms in total. The number of hydrogen-bond donors (Lipinski definition) is 3. The SMILES string of the molecule is CNC(C)C(=O)N[C@H]1CN(CC(F)(F)F)CC[C@H]2CC[C@@H](C(=O)N[C@@H]3CCOc4ccccc43)N2C1=O. The number of para-hydroxylation sites is 1. The highest BCUT2D eigenvalue weighted by Crippen LogP contribution is 2.34. The van der Waals surface area contributed by atoms with Crippen LogP contribution in [0.1, 0.15) is 44.2 Å². The molecule has 3 aliphatic heterocycles. The fourth-order valence-electron chi connectivity index (χ4n) is 5.39. The predicted molar refractivity (Wildman–Crippen MR) is 129 cm³/mol. The number of carbonyl (C=O) groups excluding carboxylic acids is 3. The number of benzene rings is 1. The van der Waals surface area contributed by atoms with Crippen LogP contribution in [0, 0.1) is 0 Å². The molecular weight excluding hydrogens is 491 g/mol. The summed E-state index contributed by atoms with van der Waals surface area (Å²) >= 11 is 0. The van der Waals surface area contributed by atoms with E-state index in [2.05, 4.69) is 16.0 Å². The van der Waals surface area contributed by atoms with E-state index < -0.39 is 42.7 Å². The number of hydrogen-bond acceptors (Lipinski definition) is 6. The zero-order valence-electron chi connectivity index (χ0n) is 21.0. The first-order valence-corrected chi connectivity index (χ1v) is 12.7. The second kappa shape index (κ2) is 11.3. The smallest absolute Gasteiger partial charge is 0.401 e. The van der Waals surface area contributed by atoms with E-state index in [1.54, 1.807) is 14.0 Å². The third-order valence-electron chi connectivity index (χ3n) is 7.40. The molecular formula is C25H34F3N5O4. The highest BCUT2D eigenvalue weighted by Gasteiger charge is 2.46. The quantitative estimate of drug-likeness (QED) is 0.518. The number of nitrogens with zero attached hydrogens (tertiary/aromatic N) is 2. The van der Waals surface area contributed by atoms with E-state index in [9.17, 15) is 27.6 Å². The fraction of sp³-hybridized carbons (Fsp3) is 0.640. The lowest BCUT2D eigenvalue weighted by Crippen LogP contribution is -2.62. The molecule has 3 amide bonds. The summed E-state index contributed by atoms with van der Waals surface area (Å²) in [4.78, 5) is 42.4. The van der Waals surface area contributed by atoms with Crippen molar-refractivity contribution in [2.24, 2.45) is 0 Å². The summed E-state index contributed by atoms with van der Waals surface area (Å²) in [6, 6.07) is 4.19. The highest BCUT2D eigenvalue weighted by molar-refractivity contribution is 5.94. The first-order chi connectivity index (χ1) is 17.6. The Hall–Kier alpha value is -2.86. The number of nitrogens with one attached hydrogen (secondary N) is 3. The van der Waals surface area contributed by atoms with Gasteiger partial charge >= 0.3 is 6.18 Å². The van der Waals surface area contributed by atoms with Crippen LogP contribution in [0.2, 0.25) is 0 Å². The van der Waals surface area contributed by atoms with Crippen molar-refractivity contribution in [3.8, 4) is 5.75 Å². The van der Waals surface area contributed by atoms with Gasteiger partial charge in [-0.25, -0.2) is 0 Å². The lowest BCUT2D eigenvalue weighted by atomic mass is 10.00. The average Bonchev–Trinajstić information content (AvgIpc) is 3.28. The third kappa shape index (κ3) is 6.35. The van der Waals surface area contributed by atoms with Gasteiger partial charge in [0, 0.05) is 31.1 Å². The zero-order chi connectivity index (χ0) is 26.7. The monoisotopic (exact) mass is 525 g/mol. The molecule has 0 bridgehead atoms. The number of halogens is 3. The minimum absolute atomic E-state index is 0.101. The van der Waals surface area contributed by atoms with Crippen molar-refractivity contribution < 1.29 is 32.3 Å². The maximum absolute atomic E-state index is 13.7. The van der Waals surface area contributed by atoms with E-state index in [4.69, 9.17) is 4.74 Å². The summed E-state index contributed by atoms with van der Waals surface area (Å²) in [6.45, 7) is 0.685. The lowest BCUT2D eigenvalue weighted by Gasteiger charge is -2.39. The first-order valence-electron chi connectivity index (χ1n) is 12.7. The molecule has 1 aromatic rings. The normalized spacial score (nSPS) is 27.3. The molecule has 0 aromatic heterocycles. The van der Waals surface area contributed by atoms with E-state index >= 15 is 0 Å². The summed E-state index contributed by atoms with van der Waals surface area (Å²) in [7, 11) is 1.57. The molecule has 4 rings (SSSR count). The Bertz CT molecular complexity index is 1010. The third-order valence-corrected chi connectivity index (χ3v) is 7.40. The molecule has 37 heavy (non-hydrogen) atoms. The Morgan fingerprint density at radius 2 is 1.86 bits per heavy atom. The van der Waals surface area contributed by atoms with Crippen LogP contribution >= 0.6 is 0 Å². The first kappa shape index (κ1) is 27.2. The minimum atomic E-state index is -4.44. The molecule has 0 radical (unpaired) electrons. The number of alkyl halides is 3. The summed E-state index contributed by atoms with van der Waals surface area (Å²) in [5, 5.41) is 8.45. The van der Waals surface area contributed by atoms with Gasteiger partial charge in [0.15, 0.2) is 0 Å². The zero-order valence-corrected chi connectivity index (χ0v) is 21.0. The van der Waals surface area contributed by atoms with E-state index in [1.807, 2.05) is 24.3 Å². The van der Waals surface area contributed by atoms with Gasteiger partial charge < -0.3 is 25.6 Å². The molecule has 3 heterocycles. The van der Waals surface area contributed by atoms with Crippen LogP contribution < -0.4 is 20.7 Å². The van der Waals surface area contributed by atoms with E-state index in [1.165, 1.54) is 4.90 Å². The standard InChI is InChI=1S/C25H34F3N5O4/c1-15(29-2)22(34)31-19-13-32(14-25(26,27)28)11-9-16-7-8-20(33(16)24(19)36)23(35)30-18-10-12-37-21-6-4-3-5-17(18)21/h3-6,15-16,18-20,29H,7-14H2,1-2H3,(H,30,35)(H,31,34)/t15?,16-,18-,19+,20+/m1/s1. The topological polar surface area (TPSA) is 103 Å². The van der Waals surface area contributed by atoms with Gasteiger partial charge in [-0.3, -0.25) is 19.3 Å². The Kier molecular flexibility index (Phi) is 8.27. The molecule has 3 aliphatic rings. The van der Waals surface area contributed by atoms with Gasteiger partial charge in [-0.05, 0) is 39.3 Å². The van der Waals surface area contributed by atoms with Gasteiger partial charge in [0.25, 0.3) is 0 Å². The van der Waals surface area contributed by atoms with Gasteiger partial charge in [-0.2, -0.15) is 13.2 Å². The van der Waals surface area contributed by atoms with Crippen molar-refractivity contribution in [3.63, 3.8) is 0 Å². The average molecular weight is 526 g/mol. The molecule has 5 atom stereocenters. The Labute approximate surface area is 214 Å². The van der Waals surface area contributed by atoms with Gasteiger partial charge in [0.05, 0.1) is 25.2 Å². The largest absolute Gasteiger partial charge is 0.493 e. The van der Waals surface area contributed by atoms with Crippen LogP contribution in [-0.2, 0) is 14.4 Å². The molecule has 0 aliphatic carbocycles. The number of fused-ring (bicyclic) bond motifs is 2. The van der Waals surface area contributed by atoms with Crippen molar-refractivity contribution in [1.82, 2.24) is 25.8 Å². The fourth-order valence-corrected chi connectivity index (χ4v) is 5.39. The van der Waals surface area contributed by atoms with Gasteiger partial charge in [0.2, 0.25) is 17.7 Å². The summed E-state index contributed by atoms with van der Waals surface area (Å²) in [5.41, 5.74) is 0.865. The maximum Gasteiger partial charge on any atom is 0.401 e. The Morgan fingerprint density at radius 1 is 1.11 bits per heavy atom. The van der Waals surface area contributed by atoms with Crippen LogP contribution in [0.5, 0.6) is 5.75 Å². The van der Waals surface area contributed by atoms with Gasteiger partial charge in [-0.1, -0.05) is 18.2 Å². The summed E-state index contributed by atoms with van der Waals surface area (Å²) < 4.78 is 45.3. The summed E-state index contributed by atoms with van der Waals surface area (Å²) in [5.74, 6) is -0.627. The summed E-state index contributed by atoms with van der Waals surface area (Å²) in [6.07, 6.45) is -2.63. The van der Waals surface area contributed by atoms with Crippen molar-refractivity contribution in [3.05, 3.63) is 29.8 Å². The molecule has 3 N–H and O–H groups in total. The molecule has 0 saturated carbocycles. The van der Waals surface area contributed by atoms with Crippen molar-refractivity contribution >= 4 is 17.7 Å². The molecule has 2 fully saturated rings. The predicted octanol–water partition coefficient (Wildman–Crippen LogP) is 1.35. The van der Waals surface area contributed by atoms with Crippen molar-refractivity contribution in [2.45, 2.75) is 69.0 Å². The van der Waals surface area contributed by atoms with E-state index in [0.29, 0.717) is 38.0 Å². The highest BCUT2D eigenvalue weighted by atomic mass is 19.4. The van der Waals surface area contributed by atoms with Gasteiger partial charge in [-0.15, -0.1) is 0 Å². The number of rotatable bonds is 6. The molecule has 1 unspecified atom stereocenters. The minimum Gasteiger partial charge on any atom is -0.493 e. The van der Waals surface area contributed by atoms with Crippen LogP contribution in [0.15, 0.2) is 24.3 Å². The number of carbonyl (C=O) groups is 3. The number of ether oxygens (including phenoxy) is 1. The van der Waals surface area contributed by atoms with Crippen molar-refractivity contribution in [1.29, 1.82) is 0 Å². The van der Waals surface area contributed by atoms with Crippen LogP contribution in [0.4, 0.5) is 13.2 Å². The lowest BCUT2D eigenvalue weighted by molar-refractivity contribution is -0.155. The van der Waals surface area contributed by atoms with Crippen LogP contribution in [0.3, 0.4) is 0 Å². The Morgan fingerprint density at radius 3 is 2.59 bits per heavy atom. The van der Waals surface area contributed by atoms with Crippen LogP contribution in [0.25, 0.3) is 0 Å². The number of amides is 3. The van der Waals surface area contributed by atoms with Gasteiger partial charge in [0.1, 0.15) is 17.8 Å². The number of likely N-dealkylation sites (N-methyl/N-ethyl adjacent to an activating group) is 1. The molecule has 204 valence electrons. The van der Waals surface area contributed by atoms with E-state index in [-0.39, 0.29) is 31.1 Å². The van der Waals surface area contributed by atoms with Crippen molar-refractivity contribution in [2.75, 3.05) is 33.3 Å². The molecule has 12 heteroatoms. The molecule has 2 saturated heterocycles. The second-order valence-electron chi connectivity index (χ2n) is 9.94.